The maximum Gasteiger partial charge on any atom is 0.194 e. The van der Waals surface area contributed by atoms with Crippen LogP contribution in [0.4, 0.5) is 0 Å². The van der Waals surface area contributed by atoms with Gasteiger partial charge in [-0.2, -0.15) is 5.10 Å². The van der Waals surface area contributed by atoms with Gasteiger partial charge in [0.1, 0.15) is 6.17 Å². The number of carbonyl (C=O) groups is 2. The second-order valence-electron chi connectivity index (χ2n) is 8.36. The van der Waals surface area contributed by atoms with Gasteiger partial charge in [-0.05, 0) is 41.8 Å². The Bertz CT molecular complexity index is 1380. The Morgan fingerprint density at radius 3 is 2.36 bits per heavy atom. The number of rotatable bonds is 8. The normalized spacial score (nSPS) is 18.9. The molecule has 36 heavy (non-hydrogen) atoms. The molecule has 10 heteroatoms. The number of thioether (sulfide) groups is 1. The van der Waals surface area contributed by atoms with E-state index >= 15 is 0 Å². The van der Waals surface area contributed by atoms with E-state index in [0.29, 0.717) is 16.7 Å². The van der Waals surface area contributed by atoms with Crippen LogP contribution in [0.25, 0.3) is 0 Å². The molecule has 0 radical (unpaired) electrons. The van der Waals surface area contributed by atoms with E-state index < -0.39 is 21.4 Å². The first-order valence-electron chi connectivity index (χ1n) is 11.3. The predicted molar refractivity (Wildman–Crippen MR) is 140 cm³/mol. The summed E-state index contributed by atoms with van der Waals surface area (Å²) in [6, 6.07) is 16.9. The first-order chi connectivity index (χ1) is 17.2. The van der Waals surface area contributed by atoms with Crippen LogP contribution in [-0.4, -0.2) is 53.1 Å². The number of hydrogen-bond donors (Lipinski definition) is 1. The Balaban J connectivity index is 1.64. The molecular weight excluding hydrogens is 496 g/mol. The minimum absolute atomic E-state index is 0.0628. The Kier molecular flexibility index (Phi) is 7.67. The first-order valence-corrected chi connectivity index (χ1v) is 14.1. The van der Waals surface area contributed by atoms with Crippen LogP contribution in [0.1, 0.15) is 46.6 Å². The number of nitrogens with two attached hydrogens (primary N) is 1. The molecule has 1 aliphatic rings. The highest BCUT2D eigenvalue weighted by Gasteiger charge is 2.34. The number of aromatic nitrogens is 1. The fourth-order valence-electron chi connectivity index (χ4n) is 3.91. The number of carbonyl (C=O) groups excluding carboxylic acids is 2. The van der Waals surface area contributed by atoms with E-state index in [1.54, 1.807) is 71.9 Å². The molecule has 3 aromatic rings. The molecule has 1 aliphatic heterocycles. The zero-order valence-electron chi connectivity index (χ0n) is 19.8. The van der Waals surface area contributed by atoms with E-state index in [9.17, 15) is 18.0 Å². The Hall–Kier alpha value is -3.34. The largest absolute Gasteiger partial charge is 0.306 e. The van der Waals surface area contributed by atoms with Crippen LogP contribution in [0.5, 0.6) is 0 Å². The highest BCUT2D eigenvalue weighted by atomic mass is 32.2. The lowest BCUT2D eigenvalue weighted by molar-refractivity contribution is -0.110. The summed E-state index contributed by atoms with van der Waals surface area (Å²) in [6.07, 6.45) is 5.10. The van der Waals surface area contributed by atoms with Gasteiger partial charge in [0.25, 0.3) is 0 Å². The highest BCUT2D eigenvalue weighted by molar-refractivity contribution is 8.01. The first kappa shape index (κ1) is 25.7. The van der Waals surface area contributed by atoms with Gasteiger partial charge in [-0.1, -0.05) is 43.3 Å². The van der Waals surface area contributed by atoms with Gasteiger partial charge in [0, 0.05) is 29.8 Å². The third kappa shape index (κ3) is 5.40. The topological polar surface area (TPSA) is 123 Å². The van der Waals surface area contributed by atoms with Crippen LogP contribution < -0.4 is 5.73 Å². The summed E-state index contributed by atoms with van der Waals surface area (Å²) < 4.78 is 23.7. The van der Waals surface area contributed by atoms with Crippen LogP contribution in [-0.2, 0) is 14.6 Å². The quantitative estimate of drug-likeness (QED) is 0.353. The summed E-state index contributed by atoms with van der Waals surface area (Å²) in [5.74, 6) is -0.147. The lowest BCUT2D eigenvalue weighted by atomic mass is 10.0. The van der Waals surface area contributed by atoms with Crippen LogP contribution >= 0.6 is 11.8 Å². The van der Waals surface area contributed by atoms with E-state index in [2.05, 4.69) is 4.98 Å². The minimum atomic E-state index is -3.32. The maximum atomic E-state index is 12.7. The van der Waals surface area contributed by atoms with Crippen LogP contribution in [0.3, 0.4) is 0 Å². The lowest BCUT2D eigenvalue weighted by Gasteiger charge is -2.38. The second kappa shape index (κ2) is 10.7. The van der Waals surface area contributed by atoms with Gasteiger partial charge in [-0.15, -0.1) is 11.8 Å². The lowest BCUT2D eigenvalue weighted by Crippen LogP contribution is -2.44. The Morgan fingerprint density at radius 1 is 1.11 bits per heavy atom. The Labute approximate surface area is 214 Å². The molecule has 0 saturated carbocycles. The smallest absolute Gasteiger partial charge is 0.194 e. The van der Waals surface area contributed by atoms with Gasteiger partial charge in [-0.25, -0.2) is 8.42 Å². The number of aldehydes is 1. The van der Waals surface area contributed by atoms with Crippen LogP contribution in [0.2, 0.25) is 0 Å². The van der Waals surface area contributed by atoms with Crippen molar-refractivity contribution in [3.63, 3.8) is 0 Å². The molecule has 2 N–H and O–H groups in total. The van der Waals surface area contributed by atoms with Crippen molar-refractivity contribution < 1.29 is 18.0 Å². The standard InChI is InChI=1S/C26H26N4O4S2/c1-3-22-24(17-10-12-21(13-11-17)36(2,33)34)29-30(23(16-31)35-22)26(27)19-8-6-18(7-9-19)25(32)20-5-4-14-28-15-20/h4-16,22-23,26H,3,27H2,1-2H3. The van der Waals surface area contributed by atoms with Gasteiger partial charge < -0.3 is 10.5 Å². The molecule has 3 unspecified atom stereocenters. The molecule has 0 spiro atoms. The van der Waals surface area contributed by atoms with E-state index in [0.717, 1.165) is 30.2 Å². The predicted octanol–water partition coefficient (Wildman–Crippen LogP) is 3.43. The van der Waals surface area contributed by atoms with Crippen molar-refractivity contribution in [1.29, 1.82) is 0 Å². The average Bonchev–Trinajstić information content (AvgIpc) is 2.91. The van der Waals surface area contributed by atoms with Crippen molar-refractivity contribution in [1.82, 2.24) is 9.99 Å². The molecule has 186 valence electrons. The van der Waals surface area contributed by atoms with E-state index in [-0.39, 0.29) is 15.9 Å². The monoisotopic (exact) mass is 522 g/mol. The van der Waals surface area contributed by atoms with Gasteiger partial charge in [0.15, 0.2) is 27.3 Å². The molecule has 2 heterocycles. The number of hydrazone groups is 1. The fourth-order valence-corrected chi connectivity index (χ4v) is 5.75. The highest BCUT2D eigenvalue weighted by Crippen LogP contribution is 2.35. The molecule has 0 aliphatic carbocycles. The summed E-state index contributed by atoms with van der Waals surface area (Å²) in [5.41, 5.74) is 9.72. The van der Waals surface area contributed by atoms with E-state index in [1.165, 1.54) is 18.0 Å². The molecule has 0 amide bonds. The summed E-state index contributed by atoms with van der Waals surface area (Å²) in [6.45, 7) is 2.01. The molecule has 0 bridgehead atoms. The maximum absolute atomic E-state index is 12.7. The van der Waals surface area contributed by atoms with Gasteiger partial charge >= 0.3 is 0 Å². The number of nitrogens with zero attached hydrogens (tertiary/aromatic N) is 3. The van der Waals surface area contributed by atoms with Gasteiger partial charge in [0.2, 0.25) is 0 Å². The van der Waals surface area contributed by atoms with Crippen molar-refractivity contribution in [2.75, 3.05) is 6.26 Å². The molecule has 1 aromatic heterocycles. The summed E-state index contributed by atoms with van der Waals surface area (Å²) in [7, 11) is -3.32. The zero-order chi connectivity index (χ0) is 25.9. The number of ketones is 1. The number of sulfone groups is 1. The molecular formula is C26H26N4O4S2. The molecule has 0 saturated heterocycles. The summed E-state index contributed by atoms with van der Waals surface area (Å²) >= 11 is 1.45. The van der Waals surface area contributed by atoms with Gasteiger partial charge in [-0.3, -0.25) is 14.8 Å². The number of benzene rings is 2. The molecule has 3 atom stereocenters. The van der Waals surface area contributed by atoms with E-state index in [1.807, 2.05) is 6.92 Å². The average molecular weight is 523 g/mol. The number of hydrogen-bond acceptors (Lipinski definition) is 9. The third-order valence-electron chi connectivity index (χ3n) is 5.88. The Morgan fingerprint density at radius 2 is 1.81 bits per heavy atom. The van der Waals surface area contributed by atoms with Crippen molar-refractivity contribution in [3.05, 3.63) is 95.3 Å². The SMILES string of the molecule is CCC1SC(C=O)N(C(N)c2ccc(C(=O)c3cccnc3)cc2)N=C1c1ccc(S(C)(=O)=O)cc1. The van der Waals surface area contributed by atoms with Crippen molar-refractivity contribution in [2.45, 2.75) is 35.0 Å². The third-order valence-corrected chi connectivity index (χ3v) is 8.50. The molecule has 0 fully saturated rings. The summed E-state index contributed by atoms with van der Waals surface area (Å²) in [4.78, 5) is 28.9. The van der Waals surface area contributed by atoms with Crippen LogP contribution in [0.15, 0.2) is 83.1 Å². The molecule has 8 nitrogen and oxygen atoms in total. The van der Waals surface area contributed by atoms with Crippen molar-refractivity contribution in [3.8, 4) is 0 Å². The van der Waals surface area contributed by atoms with Crippen molar-refractivity contribution >= 4 is 39.4 Å². The van der Waals surface area contributed by atoms with E-state index in [4.69, 9.17) is 10.8 Å². The number of pyridine rings is 1. The molecule has 4 rings (SSSR count). The van der Waals surface area contributed by atoms with Crippen molar-refractivity contribution in [2.24, 2.45) is 10.8 Å². The summed E-state index contributed by atoms with van der Waals surface area (Å²) in [5, 5.41) is 5.68. The van der Waals surface area contributed by atoms with Gasteiger partial charge in [0.05, 0.1) is 15.9 Å². The fraction of sp³-hybridized carbons (Fsp3) is 0.231. The molecule has 2 aromatic carbocycles. The minimum Gasteiger partial charge on any atom is -0.306 e. The second-order valence-corrected chi connectivity index (χ2v) is 11.7. The zero-order valence-corrected chi connectivity index (χ0v) is 21.4. The van der Waals surface area contributed by atoms with Crippen LogP contribution in [0, 0.1) is 0 Å².